The van der Waals surface area contributed by atoms with Gasteiger partial charge in [0, 0.05) is 5.56 Å². The van der Waals surface area contributed by atoms with Crippen LogP contribution in [0.4, 0.5) is 5.13 Å². The van der Waals surface area contributed by atoms with Gasteiger partial charge < -0.3 is 33.5 Å². The number of rotatable bonds is 7. The second-order valence-electron chi connectivity index (χ2n) is 9.32. The van der Waals surface area contributed by atoms with Crippen molar-refractivity contribution in [3.8, 4) is 34.5 Å². The highest BCUT2D eigenvalue weighted by Crippen LogP contribution is 2.48. The van der Waals surface area contributed by atoms with Crippen LogP contribution in [0.5, 0.6) is 34.5 Å². The molecule has 1 aromatic heterocycles. The number of thiazole rings is 1. The highest BCUT2D eigenvalue weighted by Gasteiger charge is 2.48. The van der Waals surface area contributed by atoms with Crippen LogP contribution in [0.3, 0.4) is 0 Å². The molecule has 2 aliphatic rings. The second-order valence-corrected chi connectivity index (χ2v) is 10.3. The molecule has 0 radical (unpaired) electrons. The predicted octanol–water partition coefficient (Wildman–Crippen LogP) is 4.73. The molecule has 12 heteroatoms. The van der Waals surface area contributed by atoms with Crippen LogP contribution in [-0.4, -0.2) is 63.4 Å². The van der Waals surface area contributed by atoms with Gasteiger partial charge in [0.15, 0.2) is 28.1 Å². The third-order valence-corrected chi connectivity index (χ3v) is 8.07. The maximum Gasteiger partial charge on any atom is 0.301 e. The zero-order chi connectivity index (χ0) is 29.5. The predicted molar refractivity (Wildman–Crippen MR) is 154 cm³/mol. The molecule has 0 bridgehead atoms. The fourth-order valence-electron chi connectivity index (χ4n) is 5.07. The molecule has 0 spiro atoms. The first-order chi connectivity index (χ1) is 20.4. The summed E-state index contributed by atoms with van der Waals surface area (Å²) in [5, 5.41) is 11.9. The smallest absolute Gasteiger partial charge is 0.301 e. The molecule has 1 N–H and O–H groups in total. The zero-order valence-corrected chi connectivity index (χ0v) is 23.9. The molecular weight excluding hydrogens is 564 g/mol. The van der Waals surface area contributed by atoms with Crippen molar-refractivity contribution in [2.75, 3.05) is 46.6 Å². The molecule has 2 aliphatic heterocycles. The topological polar surface area (TPSA) is 126 Å². The second kappa shape index (κ2) is 10.8. The number of nitrogens with zero attached hydrogens (tertiary/aromatic N) is 2. The number of hydrogen-bond acceptors (Lipinski definition) is 11. The number of methoxy groups -OCH3 is 4. The van der Waals surface area contributed by atoms with Gasteiger partial charge >= 0.3 is 5.91 Å². The van der Waals surface area contributed by atoms with E-state index in [-0.39, 0.29) is 22.0 Å². The SMILES string of the molecule is COc1ccc2nc(N3C(=O)C(=O)/C(=C(/O)c4ccc5c(c4)OCCO5)[C@@H]3c3cc(OC)c(OC)c(OC)c3)sc2c1. The van der Waals surface area contributed by atoms with Crippen molar-refractivity contribution in [3.05, 3.63) is 65.2 Å². The number of ether oxygens (including phenoxy) is 6. The first-order valence-electron chi connectivity index (χ1n) is 12.8. The maximum absolute atomic E-state index is 13.7. The Balaban J connectivity index is 1.58. The number of aliphatic hydroxyl groups excluding tert-OH is 1. The van der Waals surface area contributed by atoms with Crippen LogP contribution >= 0.6 is 11.3 Å². The molecule has 42 heavy (non-hydrogen) atoms. The van der Waals surface area contributed by atoms with E-state index in [0.29, 0.717) is 58.8 Å². The highest BCUT2D eigenvalue weighted by molar-refractivity contribution is 7.22. The van der Waals surface area contributed by atoms with Crippen molar-refractivity contribution < 1.29 is 43.1 Å². The zero-order valence-electron chi connectivity index (χ0n) is 23.1. The third-order valence-electron chi connectivity index (χ3n) is 7.05. The summed E-state index contributed by atoms with van der Waals surface area (Å²) in [6.45, 7) is 0.744. The van der Waals surface area contributed by atoms with Gasteiger partial charge in [-0.05, 0) is 54.1 Å². The Morgan fingerprint density at radius 1 is 0.905 bits per heavy atom. The van der Waals surface area contributed by atoms with E-state index in [2.05, 4.69) is 4.98 Å². The Kier molecular flexibility index (Phi) is 6.99. The molecule has 0 saturated carbocycles. The molecule has 6 rings (SSSR count). The van der Waals surface area contributed by atoms with Gasteiger partial charge in [-0.1, -0.05) is 11.3 Å². The van der Waals surface area contributed by atoms with E-state index in [1.807, 2.05) is 0 Å². The van der Waals surface area contributed by atoms with E-state index in [4.69, 9.17) is 28.4 Å². The fourth-order valence-corrected chi connectivity index (χ4v) is 6.09. The van der Waals surface area contributed by atoms with Crippen molar-refractivity contribution in [3.63, 3.8) is 0 Å². The lowest BCUT2D eigenvalue weighted by Crippen LogP contribution is -2.29. The van der Waals surface area contributed by atoms with Crippen molar-refractivity contribution in [1.82, 2.24) is 4.98 Å². The average molecular weight is 591 g/mol. The first-order valence-corrected chi connectivity index (χ1v) is 13.7. The lowest BCUT2D eigenvalue weighted by atomic mass is 9.94. The summed E-state index contributed by atoms with van der Waals surface area (Å²) in [5.74, 6) is 0.412. The van der Waals surface area contributed by atoms with Crippen molar-refractivity contribution in [2.24, 2.45) is 0 Å². The molecular formula is C30H26N2O9S. The van der Waals surface area contributed by atoms with E-state index in [0.717, 1.165) is 4.70 Å². The van der Waals surface area contributed by atoms with Crippen LogP contribution < -0.4 is 33.3 Å². The maximum atomic E-state index is 13.7. The standard InChI is InChI=1S/C30H26N2O9S/c1-36-17-6-7-18-23(14-17)42-30(31-18)32-25(16-12-21(37-2)28(39-4)22(13-16)38-3)24(27(34)29(32)35)26(33)15-5-8-19-20(11-15)41-10-9-40-19/h5-8,11-14,25,33H,9-10H2,1-4H3/b26-24+/t25-/m0/s1. The Labute approximate surface area is 244 Å². The number of amides is 1. The molecule has 1 fully saturated rings. The molecule has 1 saturated heterocycles. The quantitative estimate of drug-likeness (QED) is 0.183. The number of Topliss-reactive ketones (excluding diaryl/α,β-unsaturated/α-hetero) is 1. The van der Waals surface area contributed by atoms with Crippen LogP contribution in [0, 0.1) is 0 Å². The summed E-state index contributed by atoms with van der Waals surface area (Å²) < 4.78 is 34.0. The Morgan fingerprint density at radius 2 is 1.62 bits per heavy atom. The monoisotopic (exact) mass is 590 g/mol. The molecule has 1 amide bonds. The van der Waals surface area contributed by atoms with Gasteiger partial charge in [-0.3, -0.25) is 14.5 Å². The summed E-state index contributed by atoms with van der Waals surface area (Å²) in [4.78, 5) is 33.4. The van der Waals surface area contributed by atoms with Crippen molar-refractivity contribution >= 4 is 44.1 Å². The number of anilines is 1. The van der Waals surface area contributed by atoms with E-state index in [1.54, 1.807) is 55.6 Å². The van der Waals surface area contributed by atoms with E-state index in [9.17, 15) is 14.7 Å². The van der Waals surface area contributed by atoms with Crippen molar-refractivity contribution in [2.45, 2.75) is 6.04 Å². The number of hydrogen-bond donors (Lipinski definition) is 1. The number of benzene rings is 3. The molecule has 3 aromatic carbocycles. The number of aliphatic hydroxyl groups is 1. The van der Waals surface area contributed by atoms with E-state index in [1.165, 1.54) is 37.6 Å². The summed E-state index contributed by atoms with van der Waals surface area (Å²) in [7, 11) is 5.97. The van der Waals surface area contributed by atoms with Gasteiger partial charge in [-0.2, -0.15) is 0 Å². The van der Waals surface area contributed by atoms with E-state index >= 15 is 0 Å². The summed E-state index contributed by atoms with van der Waals surface area (Å²) in [5.41, 5.74) is 1.19. The minimum atomic E-state index is -1.09. The minimum absolute atomic E-state index is 0.136. The molecule has 0 aliphatic carbocycles. The molecule has 1 atom stereocenters. The summed E-state index contributed by atoms with van der Waals surface area (Å²) >= 11 is 1.22. The summed E-state index contributed by atoms with van der Waals surface area (Å²) in [6.07, 6.45) is 0. The molecule has 11 nitrogen and oxygen atoms in total. The van der Waals surface area contributed by atoms with Crippen molar-refractivity contribution in [1.29, 1.82) is 0 Å². The highest BCUT2D eigenvalue weighted by atomic mass is 32.1. The van der Waals surface area contributed by atoms with Gasteiger partial charge in [-0.25, -0.2) is 4.98 Å². The van der Waals surface area contributed by atoms with Gasteiger partial charge in [-0.15, -0.1) is 0 Å². The van der Waals surface area contributed by atoms with Gasteiger partial charge in [0.05, 0.1) is 50.3 Å². The van der Waals surface area contributed by atoms with Crippen LogP contribution in [0.15, 0.2) is 54.1 Å². The number of carbonyl (C=O) groups is 2. The number of carbonyl (C=O) groups excluding carboxylic acids is 2. The largest absolute Gasteiger partial charge is 0.507 e. The lowest BCUT2D eigenvalue weighted by Gasteiger charge is -2.25. The third kappa shape index (κ3) is 4.40. The van der Waals surface area contributed by atoms with Crippen LogP contribution in [-0.2, 0) is 9.59 Å². The van der Waals surface area contributed by atoms with Crippen LogP contribution in [0.25, 0.3) is 16.0 Å². The minimum Gasteiger partial charge on any atom is -0.507 e. The normalized spacial score (nSPS) is 17.4. The molecule has 3 heterocycles. The fraction of sp³-hybridized carbons (Fsp3) is 0.233. The molecule has 4 aromatic rings. The Morgan fingerprint density at radius 3 is 2.29 bits per heavy atom. The van der Waals surface area contributed by atoms with Crippen LogP contribution in [0.2, 0.25) is 0 Å². The number of ketones is 1. The van der Waals surface area contributed by atoms with E-state index < -0.39 is 17.7 Å². The van der Waals surface area contributed by atoms with Crippen LogP contribution in [0.1, 0.15) is 17.2 Å². The van der Waals surface area contributed by atoms with Gasteiger partial charge in [0.2, 0.25) is 5.75 Å². The number of fused-ring (bicyclic) bond motifs is 2. The number of aromatic nitrogens is 1. The first kappa shape index (κ1) is 27.2. The molecule has 0 unspecified atom stereocenters. The van der Waals surface area contributed by atoms with Gasteiger partial charge in [0.1, 0.15) is 24.7 Å². The molecule has 216 valence electrons. The average Bonchev–Trinajstić information content (AvgIpc) is 3.56. The lowest BCUT2D eigenvalue weighted by molar-refractivity contribution is -0.132. The Hall–Kier alpha value is -4.97. The Bertz CT molecular complexity index is 1740. The van der Waals surface area contributed by atoms with Gasteiger partial charge in [0.25, 0.3) is 5.78 Å². The summed E-state index contributed by atoms with van der Waals surface area (Å²) in [6, 6.07) is 12.4.